The largest absolute Gasteiger partial charge is 0.395 e. The quantitative estimate of drug-likeness (QED) is 0.553. The molecule has 0 bridgehead atoms. The Balaban J connectivity index is 3.77. The lowest BCUT2D eigenvalue weighted by Crippen LogP contribution is -2.34. The highest BCUT2D eigenvalue weighted by molar-refractivity contribution is 5.76. The van der Waals surface area contributed by atoms with Crippen molar-refractivity contribution in [2.24, 2.45) is 5.73 Å². The van der Waals surface area contributed by atoms with Crippen molar-refractivity contribution in [3.63, 3.8) is 0 Å². The molecule has 4 nitrogen and oxygen atoms in total. The normalized spacial score (nSPS) is 10.4. The van der Waals surface area contributed by atoms with E-state index in [9.17, 15) is 4.79 Å². The Bertz CT molecular complexity index is 174. The van der Waals surface area contributed by atoms with Crippen LogP contribution in [-0.2, 0) is 4.79 Å². The van der Waals surface area contributed by atoms with Gasteiger partial charge in [-0.15, -0.1) is 0 Å². The number of rotatable bonds is 10. The molecule has 3 N–H and O–H groups in total. The standard InChI is InChI=1S/C12H26N2O2/c1-2-3-9-14(10-11-15)12(16)7-5-4-6-8-13/h15H,2-11,13H2,1H3. The summed E-state index contributed by atoms with van der Waals surface area (Å²) in [6.07, 6.45) is 5.58. The van der Waals surface area contributed by atoms with E-state index in [1.165, 1.54) is 0 Å². The van der Waals surface area contributed by atoms with Gasteiger partial charge in [-0.3, -0.25) is 4.79 Å². The van der Waals surface area contributed by atoms with E-state index in [2.05, 4.69) is 6.92 Å². The monoisotopic (exact) mass is 230 g/mol. The Morgan fingerprint density at radius 2 is 1.94 bits per heavy atom. The molecular weight excluding hydrogens is 204 g/mol. The first-order valence-corrected chi connectivity index (χ1v) is 6.35. The average Bonchev–Trinajstić information content (AvgIpc) is 2.29. The van der Waals surface area contributed by atoms with Gasteiger partial charge in [-0.05, 0) is 25.8 Å². The number of unbranched alkanes of at least 4 members (excludes halogenated alkanes) is 3. The Morgan fingerprint density at radius 3 is 2.50 bits per heavy atom. The third-order valence-corrected chi connectivity index (χ3v) is 2.60. The first-order valence-electron chi connectivity index (χ1n) is 6.35. The molecule has 0 heterocycles. The second kappa shape index (κ2) is 10.9. The molecule has 0 aromatic heterocycles. The number of aliphatic hydroxyl groups is 1. The smallest absolute Gasteiger partial charge is 0.222 e. The molecule has 0 aliphatic heterocycles. The maximum Gasteiger partial charge on any atom is 0.222 e. The molecule has 0 fully saturated rings. The summed E-state index contributed by atoms with van der Waals surface area (Å²) < 4.78 is 0. The molecule has 0 aromatic carbocycles. The van der Waals surface area contributed by atoms with Gasteiger partial charge in [-0.25, -0.2) is 0 Å². The highest BCUT2D eigenvalue weighted by atomic mass is 16.3. The summed E-state index contributed by atoms with van der Waals surface area (Å²) in [5.41, 5.74) is 5.39. The van der Waals surface area contributed by atoms with Gasteiger partial charge in [0.15, 0.2) is 0 Å². The van der Waals surface area contributed by atoms with Crippen LogP contribution in [0, 0.1) is 0 Å². The van der Waals surface area contributed by atoms with E-state index in [1.54, 1.807) is 4.90 Å². The molecule has 0 radical (unpaired) electrons. The summed E-state index contributed by atoms with van der Waals surface area (Å²) in [5.74, 6) is 0.166. The molecule has 0 unspecified atom stereocenters. The van der Waals surface area contributed by atoms with Gasteiger partial charge in [0.25, 0.3) is 0 Å². The average molecular weight is 230 g/mol. The van der Waals surface area contributed by atoms with Crippen LogP contribution >= 0.6 is 0 Å². The molecule has 0 spiro atoms. The zero-order valence-corrected chi connectivity index (χ0v) is 10.5. The third-order valence-electron chi connectivity index (χ3n) is 2.60. The van der Waals surface area contributed by atoms with Crippen molar-refractivity contribution >= 4 is 5.91 Å². The van der Waals surface area contributed by atoms with E-state index in [0.717, 1.165) is 38.6 Å². The van der Waals surface area contributed by atoms with Crippen LogP contribution in [0.1, 0.15) is 45.4 Å². The van der Waals surface area contributed by atoms with Crippen molar-refractivity contribution in [3.8, 4) is 0 Å². The maximum absolute atomic E-state index is 11.8. The minimum absolute atomic E-state index is 0.0538. The van der Waals surface area contributed by atoms with Gasteiger partial charge in [0.2, 0.25) is 5.91 Å². The van der Waals surface area contributed by atoms with Crippen molar-refractivity contribution in [1.82, 2.24) is 4.90 Å². The summed E-state index contributed by atoms with van der Waals surface area (Å²) in [4.78, 5) is 13.6. The fraction of sp³-hybridized carbons (Fsp3) is 0.917. The fourth-order valence-corrected chi connectivity index (χ4v) is 1.59. The Hall–Kier alpha value is -0.610. The van der Waals surface area contributed by atoms with Gasteiger partial charge >= 0.3 is 0 Å². The highest BCUT2D eigenvalue weighted by Crippen LogP contribution is 2.04. The molecule has 0 saturated carbocycles. The minimum Gasteiger partial charge on any atom is -0.395 e. The lowest BCUT2D eigenvalue weighted by molar-refractivity contribution is -0.131. The van der Waals surface area contributed by atoms with Crippen LogP contribution in [0.25, 0.3) is 0 Å². The van der Waals surface area contributed by atoms with Crippen molar-refractivity contribution in [1.29, 1.82) is 0 Å². The van der Waals surface area contributed by atoms with E-state index in [-0.39, 0.29) is 12.5 Å². The zero-order valence-electron chi connectivity index (χ0n) is 10.5. The number of aliphatic hydroxyl groups excluding tert-OH is 1. The summed E-state index contributed by atoms with van der Waals surface area (Å²) in [6.45, 7) is 4.09. The second-order valence-corrected chi connectivity index (χ2v) is 4.06. The number of hydrogen-bond acceptors (Lipinski definition) is 3. The number of amides is 1. The zero-order chi connectivity index (χ0) is 12.2. The SMILES string of the molecule is CCCCN(CCO)C(=O)CCCCCN. The molecule has 96 valence electrons. The number of hydrogen-bond donors (Lipinski definition) is 2. The number of nitrogens with zero attached hydrogens (tertiary/aromatic N) is 1. The van der Waals surface area contributed by atoms with E-state index in [1.807, 2.05) is 0 Å². The Kier molecular flexibility index (Phi) is 10.5. The lowest BCUT2D eigenvalue weighted by atomic mass is 10.1. The van der Waals surface area contributed by atoms with Crippen molar-refractivity contribution in [2.45, 2.75) is 45.4 Å². The van der Waals surface area contributed by atoms with Crippen molar-refractivity contribution in [2.75, 3.05) is 26.2 Å². The highest BCUT2D eigenvalue weighted by Gasteiger charge is 2.11. The molecular formula is C12H26N2O2. The molecule has 16 heavy (non-hydrogen) atoms. The van der Waals surface area contributed by atoms with Gasteiger partial charge < -0.3 is 15.7 Å². The van der Waals surface area contributed by atoms with Crippen LogP contribution in [0.15, 0.2) is 0 Å². The van der Waals surface area contributed by atoms with Crippen molar-refractivity contribution < 1.29 is 9.90 Å². The molecule has 0 saturated heterocycles. The third kappa shape index (κ3) is 7.65. The van der Waals surface area contributed by atoms with Crippen LogP contribution in [-0.4, -0.2) is 42.2 Å². The van der Waals surface area contributed by atoms with E-state index >= 15 is 0 Å². The Labute approximate surface area is 98.8 Å². The summed E-state index contributed by atoms with van der Waals surface area (Å²) in [5, 5.41) is 8.88. The molecule has 0 aliphatic carbocycles. The maximum atomic E-state index is 11.8. The minimum atomic E-state index is 0.0538. The van der Waals surface area contributed by atoms with Gasteiger partial charge in [0.05, 0.1) is 6.61 Å². The summed E-state index contributed by atoms with van der Waals surface area (Å²) in [7, 11) is 0. The van der Waals surface area contributed by atoms with E-state index in [0.29, 0.717) is 19.5 Å². The molecule has 1 amide bonds. The fourth-order valence-electron chi connectivity index (χ4n) is 1.59. The van der Waals surface area contributed by atoms with Crippen molar-refractivity contribution in [3.05, 3.63) is 0 Å². The number of nitrogens with two attached hydrogens (primary N) is 1. The molecule has 0 aromatic rings. The molecule has 0 atom stereocenters. The van der Waals surface area contributed by atoms with Gasteiger partial charge in [0, 0.05) is 19.5 Å². The first kappa shape index (κ1) is 15.4. The van der Waals surface area contributed by atoms with E-state index < -0.39 is 0 Å². The molecule has 0 aliphatic rings. The summed E-state index contributed by atoms with van der Waals surface area (Å²) in [6, 6.07) is 0. The number of carbonyl (C=O) groups is 1. The van der Waals surface area contributed by atoms with Crippen LogP contribution in [0.3, 0.4) is 0 Å². The molecule has 0 rings (SSSR count). The summed E-state index contributed by atoms with van der Waals surface area (Å²) >= 11 is 0. The van der Waals surface area contributed by atoms with Gasteiger partial charge in [-0.2, -0.15) is 0 Å². The Morgan fingerprint density at radius 1 is 1.19 bits per heavy atom. The van der Waals surface area contributed by atoms with Crippen LogP contribution in [0.2, 0.25) is 0 Å². The first-order chi connectivity index (χ1) is 7.76. The lowest BCUT2D eigenvalue weighted by Gasteiger charge is -2.21. The predicted molar refractivity (Wildman–Crippen MR) is 66.1 cm³/mol. The second-order valence-electron chi connectivity index (χ2n) is 4.06. The number of carbonyl (C=O) groups excluding carboxylic acids is 1. The predicted octanol–water partition coefficient (Wildman–Crippen LogP) is 1.13. The topological polar surface area (TPSA) is 66.6 Å². The van der Waals surface area contributed by atoms with Crippen LogP contribution in [0.5, 0.6) is 0 Å². The van der Waals surface area contributed by atoms with Gasteiger partial charge in [0.1, 0.15) is 0 Å². The van der Waals surface area contributed by atoms with Crippen LogP contribution < -0.4 is 5.73 Å². The van der Waals surface area contributed by atoms with Crippen LogP contribution in [0.4, 0.5) is 0 Å². The molecule has 4 heteroatoms. The van der Waals surface area contributed by atoms with Gasteiger partial charge in [-0.1, -0.05) is 19.8 Å². The van der Waals surface area contributed by atoms with E-state index in [4.69, 9.17) is 10.8 Å².